The molecule has 0 aromatic carbocycles. The molecule has 5 atom stereocenters. The fourth-order valence-electron chi connectivity index (χ4n) is 3.46. The highest BCUT2D eigenvalue weighted by Crippen LogP contribution is 2.21. The van der Waals surface area contributed by atoms with Crippen LogP contribution in [0.15, 0.2) is 12.5 Å². The third kappa shape index (κ3) is 6.27. The Bertz CT molecular complexity index is 783. The molecule has 5 unspecified atom stereocenters. The van der Waals surface area contributed by atoms with Gasteiger partial charge >= 0.3 is 5.97 Å². The van der Waals surface area contributed by atoms with Crippen LogP contribution >= 0.6 is 0 Å². The Morgan fingerprint density at radius 3 is 2.61 bits per heavy atom. The Labute approximate surface area is 181 Å². The lowest BCUT2D eigenvalue weighted by molar-refractivity contribution is -0.143. The molecule has 1 aromatic rings. The molecule has 11 nitrogen and oxygen atoms in total. The molecule has 6 N–H and O–H groups in total. The van der Waals surface area contributed by atoms with Crippen LogP contribution in [-0.4, -0.2) is 74.4 Å². The van der Waals surface area contributed by atoms with Crippen LogP contribution in [0.2, 0.25) is 0 Å². The van der Waals surface area contributed by atoms with Crippen LogP contribution in [0.3, 0.4) is 0 Å². The maximum absolute atomic E-state index is 13.0. The molecule has 1 aliphatic heterocycles. The number of aromatic nitrogens is 2. The van der Waals surface area contributed by atoms with E-state index in [-0.39, 0.29) is 18.2 Å². The van der Waals surface area contributed by atoms with E-state index in [4.69, 9.17) is 10.8 Å². The van der Waals surface area contributed by atoms with E-state index in [9.17, 15) is 19.2 Å². The number of nitrogens with two attached hydrogens (primary N) is 1. The summed E-state index contributed by atoms with van der Waals surface area (Å²) in [6.45, 7) is 5.60. The third-order valence-electron chi connectivity index (χ3n) is 5.72. The van der Waals surface area contributed by atoms with Crippen LogP contribution in [0.1, 0.15) is 45.7 Å². The molecule has 0 bridgehead atoms. The molecular weight excluding hydrogens is 404 g/mol. The Balaban J connectivity index is 2.13. The van der Waals surface area contributed by atoms with Crippen molar-refractivity contribution in [1.29, 1.82) is 0 Å². The first-order valence-electron chi connectivity index (χ1n) is 10.5. The van der Waals surface area contributed by atoms with Gasteiger partial charge in [-0.25, -0.2) is 4.98 Å². The number of rotatable bonds is 10. The number of H-pyrrole nitrogens is 1. The van der Waals surface area contributed by atoms with E-state index >= 15 is 0 Å². The topological polar surface area (TPSA) is 171 Å². The van der Waals surface area contributed by atoms with E-state index in [1.165, 1.54) is 24.3 Å². The van der Waals surface area contributed by atoms with Crippen molar-refractivity contribution in [3.05, 3.63) is 18.2 Å². The second kappa shape index (κ2) is 10.9. The molecule has 1 fully saturated rings. The number of carbonyl (C=O) groups excluding carboxylic acids is 3. The Kier molecular flexibility index (Phi) is 8.55. The van der Waals surface area contributed by atoms with Gasteiger partial charge in [-0.2, -0.15) is 0 Å². The maximum Gasteiger partial charge on any atom is 0.325 e. The quantitative estimate of drug-likeness (QED) is 0.326. The minimum atomic E-state index is -1.19. The Hall–Kier alpha value is -2.95. The SMILES string of the molecule is CCC(C)C(N)C(=O)N1CCCC1C(=O)NC(Cc1cnc[nH]1)C(=O)NC(C)C(=O)O. The maximum atomic E-state index is 13.0. The molecule has 0 radical (unpaired) electrons. The average molecular weight is 437 g/mol. The summed E-state index contributed by atoms with van der Waals surface area (Å²) in [4.78, 5) is 57.8. The van der Waals surface area contributed by atoms with Gasteiger partial charge in [-0.15, -0.1) is 0 Å². The number of nitrogens with zero attached hydrogens (tertiary/aromatic N) is 2. The van der Waals surface area contributed by atoms with Crippen LogP contribution < -0.4 is 16.4 Å². The van der Waals surface area contributed by atoms with Crippen LogP contribution in [0.25, 0.3) is 0 Å². The summed E-state index contributed by atoms with van der Waals surface area (Å²) < 4.78 is 0. The van der Waals surface area contributed by atoms with E-state index < -0.39 is 42.0 Å². The summed E-state index contributed by atoms with van der Waals surface area (Å²) in [6.07, 6.45) is 4.92. The number of hydrogen-bond acceptors (Lipinski definition) is 6. The molecule has 172 valence electrons. The van der Waals surface area contributed by atoms with Gasteiger partial charge < -0.3 is 31.4 Å². The third-order valence-corrected chi connectivity index (χ3v) is 5.72. The number of amides is 3. The van der Waals surface area contributed by atoms with Gasteiger partial charge in [0.2, 0.25) is 17.7 Å². The first kappa shape index (κ1) is 24.3. The second-order valence-corrected chi connectivity index (χ2v) is 8.01. The first-order chi connectivity index (χ1) is 14.6. The summed E-state index contributed by atoms with van der Waals surface area (Å²) in [5.74, 6) is -2.59. The van der Waals surface area contributed by atoms with E-state index in [2.05, 4.69) is 20.6 Å². The van der Waals surface area contributed by atoms with Gasteiger partial charge in [0.15, 0.2) is 0 Å². The minimum Gasteiger partial charge on any atom is -0.480 e. The van der Waals surface area contributed by atoms with Crippen LogP contribution in [-0.2, 0) is 25.6 Å². The van der Waals surface area contributed by atoms with E-state index in [1.54, 1.807) is 0 Å². The van der Waals surface area contributed by atoms with Crippen LogP contribution in [0, 0.1) is 5.92 Å². The molecule has 0 aliphatic carbocycles. The van der Waals surface area contributed by atoms with Gasteiger partial charge in [-0.05, 0) is 25.7 Å². The number of nitrogens with one attached hydrogen (secondary N) is 3. The molecule has 0 saturated carbocycles. The molecular formula is C20H32N6O5. The monoisotopic (exact) mass is 436 g/mol. The number of carbonyl (C=O) groups is 4. The smallest absolute Gasteiger partial charge is 0.325 e. The van der Waals surface area contributed by atoms with E-state index in [0.717, 1.165) is 6.42 Å². The molecule has 1 aliphatic rings. The first-order valence-corrected chi connectivity index (χ1v) is 10.5. The number of aromatic amines is 1. The predicted molar refractivity (Wildman–Crippen MR) is 112 cm³/mol. The molecule has 2 heterocycles. The largest absolute Gasteiger partial charge is 0.480 e. The van der Waals surface area contributed by atoms with Gasteiger partial charge in [-0.3, -0.25) is 19.2 Å². The number of carboxylic acids is 1. The van der Waals surface area contributed by atoms with Gasteiger partial charge in [0, 0.05) is 24.9 Å². The fraction of sp³-hybridized carbons (Fsp3) is 0.650. The van der Waals surface area contributed by atoms with Crippen molar-refractivity contribution in [1.82, 2.24) is 25.5 Å². The molecule has 1 saturated heterocycles. The van der Waals surface area contributed by atoms with Crippen molar-refractivity contribution in [3.63, 3.8) is 0 Å². The zero-order chi connectivity index (χ0) is 23.1. The summed E-state index contributed by atoms with van der Waals surface area (Å²) in [5, 5.41) is 14.1. The van der Waals surface area contributed by atoms with Crippen LogP contribution in [0.4, 0.5) is 0 Å². The Morgan fingerprint density at radius 2 is 2.03 bits per heavy atom. The van der Waals surface area contributed by atoms with Gasteiger partial charge in [-0.1, -0.05) is 20.3 Å². The second-order valence-electron chi connectivity index (χ2n) is 8.01. The predicted octanol–water partition coefficient (Wildman–Crippen LogP) is -0.609. The van der Waals surface area contributed by atoms with Crippen molar-refractivity contribution >= 4 is 23.7 Å². The summed E-state index contributed by atoms with van der Waals surface area (Å²) in [6, 6.07) is -3.57. The normalized spacial score (nSPS) is 19.9. The number of hydrogen-bond donors (Lipinski definition) is 5. The molecule has 1 aromatic heterocycles. The van der Waals surface area contributed by atoms with E-state index in [1.807, 2.05) is 13.8 Å². The molecule has 2 rings (SSSR count). The zero-order valence-corrected chi connectivity index (χ0v) is 18.1. The van der Waals surface area contributed by atoms with Crippen molar-refractivity contribution < 1.29 is 24.3 Å². The summed E-state index contributed by atoms with van der Waals surface area (Å²) in [5.41, 5.74) is 6.68. The number of aliphatic carboxylic acids is 1. The minimum absolute atomic E-state index is 0.0202. The standard InChI is InChI=1S/C20H32N6O5/c1-4-11(2)16(21)19(29)26-7-5-6-15(26)18(28)25-14(8-13-9-22-10-23-13)17(27)24-12(3)20(30)31/h9-12,14-16H,4-8,21H2,1-3H3,(H,22,23)(H,24,27)(H,25,28)(H,30,31). The highest BCUT2D eigenvalue weighted by molar-refractivity contribution is 5.94. The van der Waals surface area contributed by atoms with Crippen molar-refractivity contribution in [2.24, 2.45) is 11.7 Å². The average Bonchev–Trinajstić information content (AvgIpc) is 3.43. The van der Waals surface area contributed by atoms with Gasteiger partial charge in [0.25, 0.3) is 0 Å². The molecule has 31 heavy (non-hydrogen) atoms. The summed E-state index contributed by atoms with van der Waals surface area (Å²) >= 11 is 0. The van der Waals surface area contributed by atoms with Crippen molar-refractivity contribution in [2.45, 2.75) is 70.6 Å². The molecule has 3 amide bonds. The van der Waals surface area contributed by atoms with E-state index in [0.29, 0.717) is 25.1 Å². The lowest BCUT2D eigenvalue weighted by Gasteiger charge is -2.30. The van der Waals surface area contributed by atoms with Crippen molar-refractivity contribution in [2.75, 3.05) is 6.54 Å². The molecule has 11 heteroatoms. The summed E-state index contributed by atoms with van der Waals surface area (Å²) in [7, 11) is 0. The highest BCUT2D eigenvalue weighted by atomic mass is 16.4. The lowest BCUT2D eigenvalue weighted by Crippen LogP contribution is -2.57. The Morgan fingerprint density at radius 1 is 1.32 bits per heavy atom. The number of likely N-dealkylation sites (tertiary alicyclic amines) is 1. The zero-order valence-electron chi connectivity index (χ0n) is 18.1. The lowest BCUT2D eigenvalue weighted by atomic mass is 9.98. The van der Waals surface area contributed by atoms with Crippen molar-refractivity contribution in [3.8, 4) is 0 Å². The van der Waals surface area contributed by atoms with Crippen LogP contribution in [0.5, 0.6) is 0 Å². The number of imidazole rings is 1. The van der Waals surface area contributed by atoms with Gasteiger partial charge in [0.05, 0.1) is 12.4 Å². The molecule has 0 spiro atoms. The number of carboxylic acid groups (broad SMARTS) is 1. The highest BCUT2D eigenvalue weighted by Gasteiger charge is 2.38. The fourth-order valence-corrected chi connectivity index (χ4v) is 3.46. The van der Waals surface area contributed by atoms with Gasteiger partial charge in [0.1, 0.15) is 18.1 Å².